The van der Waals surface area contributed by atoms with Gasteiger partial charge in [0.2, 0.25) is 0 Å². The Morgan fingerprint density at radius 1 is 1.50 bits per heavy atom. The van der Waals surface area contributed by atoms with Crippen LogP contribution in [0.4, 0.5) is 0 Å². The standard InChI is InChI=1S/C8H6ClN3S2/c9-7-6(2-1-3-10-7)4-13-8-12-11-5-14-8/h1-3,5H,4H2. The molecule has 0 saturated carbocycles. The third-order valence-electron chi connectivity index (χ3n) is 1.53. The number of rotatable bonds is 3. The van der Waals surface area contributed by atoms with Gasteiger partial charge in [-0.1, -0.05) is 40.8 Å². The Kier molecular flexibility index (Phi) is 3.34. The van der Waals surface area contributed by atoms with Crippen molar-refractivity contribution < 1.29 is 0 Å². The van der Waals surface area contributed by atoms with Gasteiger partial charge in [0.15, 0.2) is 4.34 Å². The van der Waals surface area contributed by atoms with Gasteiger partial charge in [-0.25, -0.2) is 4.98 Å². The zero-order valence-electron chi connectivity index (χ0n) is 7.05. The smallest absolute Gasteiger partial charge is 0.174 e. The quantitative estimate of drug-likeness (QED) is 0.614. The third kappa shape index (κ3) is 2.43. The largest absolute Gasteiger partial charge is 0.244 e. The zero-order chi connectivity index (χ0) is 9.80. The molecule has 2 aromatic rings. The van der Waals surface area contributed by atoms with Crippen molar-refractivity contribution in [3.63, 3.8) is 0 Å². The van der Waals surface area contributed by atoms with E-state index in [0.717, 1.165) is 15.7 Å². The number of halogens is 1. The molecule has 14 heavy (non-hydrogen) atoms. The van der Waals surface area contributed by atoms with Gasteiger partial charge in [0, 0.05) is 11.9 Å². The molecule has 0 saturated heterocycles. The maximum absolute atomic E-state index is 5.91. The van der Waals surface area contributed by atoms with Crippen molar-refractivity contribution in [2.45, 2.75) is 10.1 Å². The van der Waals surface area contributed by atoms with Gasteiger partial charge in [-0.15, -0.1) is 10.2 Å². The van der Waals surface area contributed by atoms with E-state index in [4.69, 9.17) is 11.6 Å². The van der Waals surface area contributed by atoms with Crippen LogP contribution in [0, 0.1) is 0 Å². The maximum atomic E-state index is 5.91. The highest BCUT2D eigenvalue weighted by Crippen LogP contribution is 2.25. The van der Waals surface area contributed by atoms with Crippen molar-refractivity contribution in [1.29, 1.82) is 0 Å². The van der Waals surface area contributed by atoms with E-state index in [0.29, 0.717) is 5.15 Å². The number of thioether (sulfide) groups is 1. The van der Waals surface area contributed by atoms with Gasteiger partial charge in [-0.2, -0.15) is 0 Å². The summed E-state index contributed by atoms with van der Waals surface area (Å²) in [5.74, 6) is 0.780. The molecule has 0 aliphatic carbocycles. The van der Waals surface area contributed by atoms with E-state index in [-0.39, 0.29) is 0 Å². The first kappa shape index (κ1) is 9.89. The van der Waals surface area contributed by atoms with Crippen molar-refractivity contribution in [2.75, 3.05) is 0 Å². The van der Waals surface area contributed by atoms with Crippen LogP contribution in [-0.2, 0) is 5.75 Å². The first-order chi connectivity index (χ1) is 6.86. The van der Waals surface area contributed by atoms with Gasteiger partial charge >= 0.3 is 0 Å². The average molecular weight is 244 g/mol. The fraction of sp³-hybridized carbons (Fsp3) is 0.125. The number of aromatic nitrogens is 3. The number of nitrogens with zero attached hydrogens (tertiary/aromatic N) is 3. The second kappa shape index (κ2) is 4.72. The molecule has 0 aliphatic heterocycles. The summed E-state index contributed by atoms with van der Waals surface area (Å²) in [6.07, 6.45) is 1.68. The van der Waals surface area contributed by atoms with E-state index in [1.54, 1.807) is 23.5 Å². The molecule has 0 unspecified atom stereocenters. The Balaban J connectivity index is 2.02. The summed E-state index contributed by atoms with van der Waals surface area (Å²) in [5, 5.41) is 8.24. The zero-order valence-corrected chi connectivity index (χ0v) is 9.44. The van der Waals surface area contributed by atoms with Crippen molar-refractivity contribution in [2.24, 2.45) is 0 Å². The monoisotopic (exact) mass is 243 g/mol. The summed E-state index contributed by atoms with van der Waals surface area (Å²) >= 11 is 9.05. The maximum Gasteiger partial charge on any atom is 0.174 e. The number of hydrogen-bond acceptors (Lipinski definition) is 5. The van der Waals surface area contributed by atoms with Crippen LogP contribution in [0.1, 0.15) is 5.56 Å². The van der Waals surface area contributed by atoms with Crippen LogP contribution in [-0.4, -0.2) is 15.2 Å². The van der Waals surface area contributed by atoms with Gasteiger partial charge < -0.3 is 0 Å². The predicted octanol–water partition coefficient (Wildman–Crippen LogP) is 2.88. The van der Waals surface area contributed by atoms with E-state index >= 15 is 0 Å². The lowest BCUT2D eigenvalue weighted by molar-refractivity contribution is 1.01. The molecule has 3 nitrogen and oxygen atoms in total. The molecule has 2 rings (SSSR count). The van der Waals surface area contributed by atoms with E-state index in [9.17, 15) is 0 Å². The van der Waals surface area contributed by atoms with Crippen molar-refractivity contribution >= 4 is 34.7 Å². The minimum Gasteiger partial charge on any atom is -0.244 e. The van der Waals surface area contributed by atoms with Crippen molar-refractivity contribution in [1.82, 2.24) is 15.2 Å². The van der Waals surface area contributed by atoms with Crippen LogP contribution in [0.3, 0.4) is 0 Å². The first-order valence-electron chi connectivity index (χ1n) is 3.84. The van der Waals surface area contributed by atoms with Gasteiger partial charge in [0.1, 0.15) is 10.7 Å². The lowest BCUT2D eigenvalue weighted by atomic mass is 10.3. The molecule has 0 N–H and O–H groups in total. The van der Waals surface area contributed by atoms with Crippen molar-refractivity contribution in [3.05, 3.63) is 34.6 Å². The fourth-order valence-electron chi connectivity index (χ4n) is 0.892. The summed E-state index contributed by atoms with van der Waals surface area (Å²) in [7, 11) is 0. The number of hydrogen-bond donors (Lipinski definition) is 0. The molecular weight excluding hydrogens is 238 g/mol. The molecule has 0 radical (unpaired) electrons. The molecule has 6 heteroatoms. The molecule has 2 aromatic heterocycles. The summed E-state index contributed by atoms with van der Waals surface area (Å²) < 4.78 is 0.949. The molecule has 0 aromatic carbocycles. The van der Waals surface area contributed by atoms with E-state index in [1.807, 2.05) is 12.1 Å². The van der Waals surface area contributed by atoms with Crippen LogP contribution in [0.2, 0.25) is 5.15 Å². The summed E-state index contributed by atoms with van der Waals surface area (Å²) in [6.45, 7) is 0. The van der Waals surface area contributed by atoms with E-state index in [2.05, 4.69) is 15.2 Å². The average Bonchev–Trinajstić information content (AvgIpc) is 2.69. The SMILES string of the molecule is Clc1ncccc1CSc1nncs1. The highest BCUT2D eigenvalue weighted by molar-refractivity contribution is 8.00. The van der Waals surface area contributed by atoms with Gasteiger partial charge in [0.25, 0.3) is 0 Å². The Bertz CT molecular complexity index is 405. The second-order valence-corrected chi connectivity index (χ2v) is 4.86. The Morgan fingerprint density at radius 3 is 3.14 bits per heavy atom. The Labute approximate surface area is 94.5 Å². The van der Waals surface area contributed by atoms with Crippen LogP contribution in [0.25, 0.3) is 0 Å². The third-order valence-corrected chi connectivity index (χ3v) is 3.78. The van der Waals surface area contributed by atoms with E-state index < -0.39 is 0 Å². The second-order valence-electron chi connectivity index (χ2n) is 2.45. The van der Waals surface area contributed by atoms with E-state index in [1.165, 1.54) is 11.3 Å². The minimum absolute atomic E-state index is 0.560. The molecule has 0 bridgehead atoms. The minimum atomic E-state index is 0.560. The van der Waals surface area contributed by atoms with Gasteiger partial charge in [-0.3, -0.25) is 0 Å². The summed E-state index contributed by atoms with van der Waals surface area (Å²) in [4.78, 5) is 4.00. The van der Waals surface area contributed by atoms with Crippen molar-refractivity contribution in [3.8, 4) is 0 Å². The highest BCUT2D eigenvalue weighted by atomic mass is 35.5. The molecular formula is C8H6ClN3S2. The van der Waals surface area contributed by atoms with Crippen LogP contribution in [0.5, 0.6) is 0 Å². The van der Waals surface area contributed by atoms with Crippen LogP contribution < -0.4 is 0 Å². The predicted molar refractivity (Wildman–Crippen MR) is 58.7 cm³/mol. The molecule has 72 valence electrons. The summed E-state index contributed by atoms with van der Waals surface area (Å²) in [5.41, 5.74) is 2.74. The molecule has 0 atom stereocenters. The summed E-state index contributed by atoms with van der Waals surface area (Å²) in [6, 6.07) is 3.84. The molecule has 0 fully saturated rings. The first-order valence-corrected chi connectivity index (χ1v) is 6.09. The number of pyridine rings is 1. The van der Waals surface area contributed by atoms with Gasteiger partial charge in [0.05, 0.1) is 0 Å². The Hall–Kier alpha value is -0.650. The fourth-order valence-corrected chi connectivity index (χ4v) is 2.63. The molecule has 0 aliphatic rings. The van der Waals surface area contributed by atoms with Crippen LogP contribution >= 0.6 is 34.7 Å². The normalized spacial score (nSPS) is 10.4. The molecule has 0 amide bonds. The molecule has 0 spiro atoms. The molecule has 2 heterocycles. The van der Waals surface area contributed by atoms with Gasteiger partial charge in [-0.05, 0) is 11.6 Å². The lowest BCUT2D eigenvalue weighted by Crippen LogP contribution is -1.84. The highest BCUT2D eigenvalue weighted by Gasteiger charge is 2.03. The lowest BCUT2D eigenvalue weighted by Gasteiger charge is -1.99. The topological polar surface area (TPSA) is 38.7 Å². The Morgan fingerprint density at radius 2 is 2.43 bits per heavy atom. The van der Waals surface area contributed by atoms with Crippen LogP contribution in [0.15, 0.2) is 28.2 Å².